The molecule has 21 heavy (non-hydrogen) atoms. The maximum absolute atomic E-state index is 11.9. The molecule has 0 aliphatic carbocycles. The Labute approximate surface area is 127 Å². The van der Waals surface area contributed by atoms with Crippen molar-refractivity contribution in [3.63, 3.8) is 0 Å². The smallest absolute Gasteiger partial charge is 0.220 e. The fourth-order valence-electron chi connectivity index (χ4n) is 2.51. The first-order valence-corrected chi connectivity index (χ1v) is 7.82. The average molecular weight is 290 g/mol. The minimum atomic E-state index is 0.103. The Hall–Kier alpha value is -1.39. The van der Waals surface area contributed by atoms with Crippen molar-refractivity contribution in [2.45, 2.75) is 32.3 Å². The fourth-order valence-corrected chi connectivity index (χ4v) is 2.51. The van der Waals surface area contributed by atoms with Crippen LogP contribution in [0.25, 0.3) is 0 Å². The van der Waals surface area contributed by atoms with E-state index in [1.54, 1.807) is 0 Å². The van der Waals surface area contributed by atoms with E-state index in [0.29, 0.717) is 13.0 Å². The van der Waals surface area contributed by atoms with Crippen molar-refractivity contribution in [3.05, 3.63) is 35.4 Å². The zero-order chi connectivity index (χ0) is 15.1. The number of morpholine rings is 1. The van der Waals surface area contributed by atoms with Crippen LogP contribution in [-0.2, 0) is 22.4 Å². The summed E-state index contributed by atoms with van der Waals surface area (Å²) in [6.07, 6.45) is 2.50. The van der Waals surface area contributed by atoms with Gasteiger partial charge >= 0.3 is 0 Å². The molecular weight excluding hydrogens is 264 g/mol. The van der Waals surface area contributed by atoms with Gasteiger partial charge in [-0.1, -0.05) is 31.2 Å². The molecule has 4 nitrogen and oxygen atoms in total. The fraction of sp³-hybridized carbons (Fsp3) is 0.588. The number of nitrogens with zero attached hydrogens (tertiary/aromatic N) is 1. The monoisotopic (exact) mass is 290 g/mol. The molecule has 1 N–H and O–H groups in total. The molecule has 0 radical (unpaired) electrons. The number of ether oxygens (including phenoxy) is 1. The first kappa shape index (κ1) is 16.0. The van der Waals surface area contributed by atoms with Gasteiger partial charge < -0.3 is 15.0 Å². The van der Waals surface area contributed by atoms with Gasteiger partial charge in [0.1, 0.15) is 0 Å². The molecule has 1 saturated heterocycles. The molecule has 1 aliphatic heterocycles. The number of carbonyl (C=O) groups excluding carboxylic acids is 1. The van der Waals surface area contributed by atoms with E-state index in [4.69, 9.17) is 4.74 Å². The second kappa shape index (κ2) is 8.15. The first-order chi connectivity index (χ1) is 10.2. The summed E-state index contributed by atoms with van der Waals surface area (Å²) in [7, 11) is 2.08. The molecule has 0 bridgehead atoms. The summed E-state index contributed by atoms with van der Waals surface area (Å²) in [6, 6.07) is 8.51. The summed E-state index contributed by atoms with van der Waals surface area (Å²) < 4.78 is 5.63. The lowest BCUT2D eigenvalue weighted by Crippen LogP contribution is -2.45. The molecule has 1 unspecified atom stereocenters. The molecule has 1 heterocycles. The van der Waals surface area contributed by atoms with Crippen molar-refractivity contribution in [3.8, 4) is 0 Å². The van der Waals surface area contributed by atoms with E-state index in [1.165, 1.54) is 11.1 Å². The zero-order valence-electron chi connectivity index (χ0n) is 13.1. The van der Waals surface area contributed by atoms with Crippen molar-refractivity contribution in [1.82, 2.24) is 10.2 Å². The molecule has 116 valence electrons. The number of hydrogen-bond donors (Lipinski definition) is 1. The Morgan fingerprint density at radius 2 is 2.05 bits per heavy atom. The molecule has 1 atom stereocenters. The van der Waals surface area contributed by atoms with Gasteiger partial charge in [0, 0.05) is 26.1 Å². The number of carbonyl (C=O) groups is 1. The summed E-state index contributed by atoms with van der Waals surface area (Å²) in [5, 5.41) is 2.98. The molecule has 0 aromatic heterocycles. The summed E-state index contributed by atoms with van der Waals surface area (Å²) in [5.74, 6) is 0.103. The normalized spacial score (nSPS) is 19.4. The Morgan fingerprint density at radius 3 is 2.71 bits per heavy atom. The van der Waals surface area contributed by atoms with Gasteiger partial charge in [0.25, 0.3) is 0 Å². The summed E-state index contributed by atoms with van der Waals surface area (Å²) >= 11 is 0. The minimum Gasteiger partial charge on any atom is -0.374 e. The Morgan fingerprint density at radius 1 is 1.33 bits per heavy atom. The second-order valence-electron chi connectivity index (χ2n) is 5.73. The van der Waals surface area contributed by atoms with Crippen molar-refractivity contribution in [1.29, 1.82) is 0 Å². The van der Waals surface area contributed by atoms with E-state index < -0.39 is 0 Å². The molecule has 1 amide bonds. The van der Waals surface area contributed by atoms with E-state index in [0.717, 1.165) is 32.5 Å². The van der Waals surface area contributed by atoms with Crippen molar-refractivity contribution >= 4 is 5.91 Å². The molecule has 2 rings (SSSR count). The van der Waals surface area contributed by atoms with Crippen molar-refractivity contribution < 1.29 is 9.53 Å². The maximum atomic E-state index is 11.9. The lowest BCUT2D eigenvalue weighted by Gasteiger charge is -2.30. The van der Waals surface area contributed by atoms with Gasteiger partial charge in [0.15, 0.2) is 0 Å². The third-order valence-corrected chi connectivity index (χ3v) is 3.94. The van der Waals surface area contributed by atoms with Gasteiger partial charge in [-0.05, 0) is 31.0 Å². The topological polar surface area (TPSA) is 41.6 Å². The van der Waals surface area contributed by atoms with Crippen LogP contribution in [0.4, 0.5) is 0 Å². The van der Waals surface area contributed by atoms with E-state index in [-0.39, 0.29) is 12.0 Å². The van der Waals surface area contributed by atoms with E-state index in [9.17, 15) is 4.79 Å². The number of aryl methyl sites for hydroxylation is 2. The Kier molecular flexibility index (Phi) is 6.21. The quantitative estimate of drug-likeness (QED) is 0.866. The molecular formula is C17H26N2O2. The van der Waals surface area contributed by atoms with Crippen LogP contribution in [0.2, 0.25) is 0 Å². The third kappa shape index (κ3) is 5.48. The van der Waals surface area contributed by atoms with E-state index in [1.807, 2.05) is 0 Å². The highest BCUT2D eigenvalue weighted by atomic mass is 16.5. The highest BCUT2D eigenvalue weighted by Gasteiger charge is 2.17. The molecule has 4 heteroatoms. The number of benzene rings is 1. The lowest BCUT2D eigenvalue weighted by molar-refractivity contribution is -0.122. The zero-order valence-corrected chi connectivity index (χ0v) is 13.1. The predicted octanol–water partition coefficient (Wildman–Crippen LogP) is 1.63. The molecule has 0 spiro atoms. The Balaban J connectivity index is 1.67. The van der Waals surface area contributed by atoms with Crippen LogP contribution < -0.4 is 5.32 Å². The van der Waals surface area contributed by atoms with Crippen LogP contribution in [0.15, 0.2) is 24.3 Å². The van der Waals surface area contributed by atoms with Gasteiger partial charge in [-0.3, -0.25) is 4.79 Å². The average Bonchev–Trinajstić information content (AvgIpc) is 2.51. The number of rotatable bonds is 6. The van der Waals surface area contributed by atoms with Crippen molar-refractivity contribution in [2.75, 3.05) is 33.3 Å². The molecule has 1 aromatic rings. The molecule has 0 saturated carbocycles. The predicted molar refractivity (Wildman–Crippen MR) is 84.4 cm³/mol. The van der Waals surface area contributed by atoms with Crippen LogP contribution in [0.3, 0.4) is 0 Å². The maximum Gasteiger partial charge on any atom is 0.220 e. The van der Waals surface area contributed by atoms with Crippen LogP contribution >= 0.6 is 0 Å². The highest BCUT2D eigenvalue weighted by molar-refractivity contribution is 5.76. The third-order valence-electron chi connectivity index (χ3n) is 3.94. The van der Waals surface area contributed by atoms with Crippen LogP contribution in [0.1, 0.15) is 24.5 Å². The van der Waals surface area contributed by atoms with Gasteiger partial charge in [0.05, 0.1) is 12.7 Å². The summed E-state index contributed by atoms with van der Waals surface area (Å²) in [5.41, 5.74) is 2.55. The van der Waals surface area contributed by atoms with Crippen LogP contribution in [-0.4, -0.2) is 50.2 Å². The summed E-state index contributed by atoms with van der Waals surface area (Å²) in [4.78, 5) is 14.1. The number of nitrogens with one attached hydrogen (secondary N) is 1. The van der Waals surface area contributed by atoms with Gasteiger partial charge in [-0.2, -0.15) is 0 Å². The molecule has 1 fully saturated rings. The van der Waals surface area contributed by atoms with E-state index in [2.05, 4.69) is 48.5 Å². The number of amides is 1. The van der Waals surface area contributed by atoms with Crippen LogP contribution in [0, 0.1) is 0 Å². The highest BCUT2D eigenvalue weighted by Crippen LogP contribution is 2.07. The van der Waals surface area contributed by atoms with Gasteiger partial charge in [-0.25, -0.2) is 0 Å². The standard InChI is InChI=1S/C17H26N2O2/c1-3-14-4-6-15(7-5-14)8-9-17(20)18-12-16-13-19(2)10-11-21-16/h4-7,16H,3,8-13H2,1-2H3,(H,18,20). The van der Waals surface area contributed by atoms with Crippen LogP contribution in [0.5, 0.6) is 0 Å². The van der Waals surface area contributed by atoms with E-state index >= 15 is 0 Å². The lowest BCUT2D eigenvalue weighted by atomic mass is 10.1. The Bertz CT molecular complexity index is 445. The summed E-state index contributed by atoms with van der Waals surface area (Å²) in [6.45, 7) is 5.36. The second-order valence-corrected chi connectivity index (χ2v) is 5.73. The first-order valence-electron chi connectivity index (χ1n) is 7.82. The largest absolute Gasteiger partial charge is 0.374 e. The molecule has 1 aliphatic rings. The molecule has 1 aromatic carbocycles. The van der Waals surface area contributed by atoms with Gasteiger partial charge in [0.2, 0.25) is 5.91 Å². The van der Waals surface area contributed by atoms with Crippen molar-refractivity contribution in [2.24, 2.45) is 0 Å². The number of likely N-dealkylation sites (N-methyl/N-ethyl adjacent to an activating group) is 1. The SMILES string of the molecule is CCc1ccc(CCC(=O)NCC2CN(C)CCO2)cc1. The number of hydrogen-bond acceptors (Lipinski definition) is 3. The van der Waals surface area contributed by atoms with Gasteiger partial charge in [-0.15, -0.1) is 0 Å². The minimum absolute atomic E-state index is 0.103.